The normalized spacial score (nSPS) is 25.7. The number of tetrazole rings is 1. The van der Waals surface area contributed by atoms with Crippen molar-refractivity contribution >= 4 is 5.91 Å². The van der Waals surface area contributed by atoms with Gasteiger partial charge in [0.1, 0.15) is 23.7 Å². The summed E-state index contributed by atoms with van der Waals surface area (Å²) in [6.45, 7) is -0.429. The standard InChI is InChI=1S/C26H25F4N5O4/c27-17-3-6-20(21(28)7-17)25(38,14-35-15-31-32-33-35)26(29,30)24-11-23(12-24,13-24)16-1-4-19(5-2-16)39-10-22(37)34-8-18(36)9-34/h1-7,15,18,36,38H,8-14H2/t23?,24?,25-/m0/s1. The van der Waals surface area contributed by atoms with E-state index in [1.807, 2.05) is 0 Å². The molecule has 3 saturated carbocycles. The van der Waals surface area contributed by atoms with E-state index in [1.165, 1.54) is 4.90 Å². The number of amides is 1. The van der Waals surface area contributed by atoms with Gasteiger partial charge in [-0.3, -0.25) is 4.79 Å². The molecule has 3 aliphatic carbocycles. The Balaban J connectivity index is 1.18. The van der Waals surface area contributed by atoms with E-state index >= 15 is 8.78 Å². The first-order valence-electron chi connectivity index (χ1n) is 12.4. The molecule has 1 saturated heterocycles. The van der Waals surface area contributed by atoms with Crippen molar-refractivity contribution < 1.29 is 37.3 Å². The van der Waals surface area contributed by atoms with Crippen LogP contribution in [0.1, 0.15) is 30.4 Å². The Bertz CT molecular complexity index is 1380. The van der Waals surface area contributed by atoms with Gasteiger partial charge < -0.3 is 19.8 Å². The number of aliphatic hydroxyl groups is 2. The van der Waals surface area contributed by atoms with E-state index in [-0.39, 0.29) is 44.9 Å². The number of carbonyl (C=O) groups is 1. The SMILES string of the molecule is O=C(COc1ccc(C23CC(C(F)(F)[C@](O)(Cn4cnnn4)c4ccc(F)cc4F)(C2)C3)cc1)N1CC(O)C1. The van der Waals surface area contributed by atoms with Crippen LogP contribution in [0.5, 0.6) is 5.75 Å². The van der Waals surface area contributed by atoms with E-state index in [0.717, 1.165) is 28.7 Å². The molecule has 0 unspecified atom stereocenters. The summed E-state index contributed by atoms with van der Waals surface area (Å²) >= 11 is 0. The van der Waals surface area contributed by atoms with Gasteiger partial charge in [-0.25, -0.2) is 22.2 Å². The molecule has 2 N–H and O–H groups in total. The minimum absolute atomic E-state index is 0.0592. The number of rotatable bonds is 9. The number of aromatic nitrogens is 4. The van der Waals surface area contributed by atoms with Crippen molar-refractivity contribution in [2.24, 2.45) is 5.41 Å². The number of hydrogen-bond acceptors (Lipinski definition) is 7. The Kier molecular flexibility index (Phi) is 5.74. The topological polar surface area (TPSA) is 114 Å². The summed E-state index contributed by atoms with van der Waals surface area (Å²) < 4.78 is 67.3. The average molecular weight is 548 g/mol. The molecule has 1 aliphatic heterocycles. The second-order valence-corrected chi connectivity index (χ2v) is 10.9. The molecule has 2 bridgehead atoms. The number of benzene rings is 2. The molecule has 4 fully saturated rings. The molecule has 3 aromatic rings. The van der Waals surface area contributed by atoms with Crippen LogP contribution in [-0.2, 0) is 22.4 Å². The lowest BCUT2D eigenvalue weighted by Gasteiger charge is -2.74. The first-order valence-corrected chi connectivity index (χ1v) is 12.4. The van der Waals surface area contributed by atoms with Crippen LogP contribution in [0.25, 0.3) is 0 Å². The zero-order chi connectivity index (χ0) is 27.6. The van der Waals surface area contributed by atoms with Crippen LogP contribution >= 0.6 is 0 Å². The van der Waals surface area contributed by atoms with Gasteiger partial charge in [-0.2, -0.15) is 0 Å². The number of nitrogens with zero attached hydrogens (tertiary/aromatic N) is 5. The van der Waals surface area contributed by atoms with E-state index in [4.69, 9.17) is 4.74 Å². The highest BCUT2D eigenvalue weighted by atomic mass is 19.3. The molecule has 39 heavy (non-hydrogen) atoms. The van der Waals surface area contributed by atoms with Gasteiger partial charge in [0.05, 0.1) is 12.6 Å². The predicted octanol–water partition coefficient (Wildman–Crippen LogP) is 2.18. The van der Waals surface area contributed by atoms with Gasteiger partial charge in [0.2, 0.25) is 0 Å². The van der Waals surface area contributed by atoms with Gasteiger partial charge in [-0.1, -0.05) is 12.1 Å². The summed E-state index contributed by atoms with van der Waals surface area (Å²) in [5.74, 6) is -5.83. The van der Waals surface area contributed by atoms with E-state index in [1.54, 1.807) is 24.3 Å². The van der Waals surface area contributed by atoms with Crippen molar-refractivity contribution in [3.63, 3.8) is 0 Å². The summed E-state index contributed by atoms with van der Waals surface area (Å²) in [6, 6.07) is 8.98. The van der Waals surface area contributed by atoms with Gasteiger partial charge in [0.25, 0.3) is 11.8 Å². The van der Waals surface area contributed by atoms with E-state index in [2.05, 4.69) is 15.5 Å². The third-order valence-corrected chi connectivity index (χ3v) is 8.42. The highest BCUT2D eigenvalue weighted by Gasteiger charge is 2.82. The Labute approximate surface area is 220 Å². The summed E-state index contributed by atoms with van der Waals surface area (Å²) in [5.41, 5.74) is -5.07. The largest absolute Gasteiger partial charge is 0.484 e. The van der Waals surface area contributed by atoms with Crippen LogP contribution in [0.2, 0.25) is 0 Å². The van der Waals surface area contributed by atoms with Crippen molar-refractivity contribution in [1.82, 2.24) is 25.1 Å². The van der Waals surface area contributed by atoms with E-state index in [9.17, 15) is 23.8 Å². The van der Waals surface area contributed by atoms with Crippen molar-refractivity contribution in [1.29, 1.82) is 0 Å². The third kappa shape index (κ3) is 3.89. The Morgan fingerprint density at radius 1 is 1.10 bits per heavy atom. The lowest BCUT2D eigenvalue weighted by Crippen LogP contribution is -2.76. The number of β-amino-alcohol motifs (C(OH)–C–C–N with tert-alkyl or cyclic N) is 1. The fourth-order valence-corrected chi connectivity index (χ4v) is 6.33. The summed E-state index contributed by atoms with van der Waals surface area (Å²) in [4.78, 5) is 13.5. The Morgan fingerprint density at radius 3 is 2.38 bits per heavy atom. The number of halogens is 4. The van der Waals surface area contributed by atoms with Gasteiger partial charge in [0, 0.05) is 30.1 Å². The van der Waals surface area contributed by atoms with Crippen LogP contribution in [0, 0.1) is 17.0 Å². The predicted molar refractivity (Wildman–Crippen MR) is 126 cm³/mol. The third-order valence-electron chi connectivity index (χ3n) is 8.42. The Morgan fingerprint density at radius 2 is 1.79 bits per heavy atom. The zero-order valence-corrected chi connectivity index (χ0v) is 20.6. The molecule has 7 rings (SSSR count). The Hall–Kier alpha value is -3.58. The summed E-state index contributed by atoms with van der Waals surface area (Å²) in [5, 5.41) is 31.1. The van der Waals surface area contributed by atoms with Gasteiger partial charge in [-0.05, 0) is 64.9 Å². The fraction of sp³-hybridized carbons (Fsp3) is 0.462. The molecule has 2 heterocycles. The number of alkyl halides is 2. The van der Waals surface area contributed by atoms with E-state index in [0.29, 0.717) is 11.8 Å². The molecule has 13 heteroatoms. The molecule has 1 aromatic heterocycles. The van der Waals surface area contributed by atoms with Crippen LogP contribution < -0.4 is 4.74 Å². The maximum absolute atomic E-state index is 16.3. The first kappa shape index (κ1) is 25.7. The van der Waals surface area contributed by atoms with Crippen LogP contribution in [0.4, 0.5) is 17.6 Å². The highest BCUT2D eigenvalue weighted by Crippen LogP contribution is 2.80. The molecular formula is C26H25F4N5O4. The number of hydrogen-bond donors (Lipinski definition) is 2. The highest BCUT2D eigenvalue weighted by molar-refractivity contribution is 5.78. The van der Waals surface area contributed by atoms with E-state index < -0.39 is 52.2 Å². The zero-order valence-electron chi connectivity index (χ0n) is 20.6. The summed E-state index contributed by atoms with van der Waals surface area (Å²) in [7, 11) is 0. The maximum Gasteiger partial charge on any atom is 0.287 e. The van der Waals surface area contributed by atoms with Crippen LogP contribution in [0.15, 0.2) is 48.8 Å². The van der Waals surface area contributed by atoms with Crippen molar-refractivity contribution in [2.45, 2.75) is 48.8 Å². The number of carbonyl (C=O) groups excluding carboxylic acids is 1. The number of likely N-dealkylation sites (tertiary alicyclic amines) is 1. The molecular weight excluding hydrogens is 522 g/mol. The number of ether oxygens (including phenoxy) is 1. The van der Waals surface area contributed by atoms with Crippen LogP contribution in [0.3, 0.4) is 0 Å². The second kappa shape index (κ2) is 8.71. The van der Waals surface area contributed by atoms with Gasteiger partial charge in [-0.15, -0.1) is 5.10 Å². The average Bonchev–Trinajstić information content (AvgIpc) is 3.32. The maximum atomic E-state index is 16.3. The lowest BCUT2D eigenvalue weighted by molar-refractivity contribution is -0.347. The molecule has 0 spiro atoms. The first-order chi connectivity index (χ1) is 18.5. The van der Waals surface area contributed by atoms with Crippen molar-refractivity contribution in [3.8, 4) is 5.75 Å². The second-order valence-electron chi connectivity index (χ2n) is 10.9. The van der Waals surface area contributed by atoms with Crippen molar-refractivity contribution in [2.75, 3.05) is 19.7 Å². The minimum atomic E-state index is -3.81. The minimum Gasteiger partial charge on any atom is -0.484 e. The van der Waals surface area contributed by atoms with Gasteiger partial charge in [0.15, 0.2) is 12.2 Å². The quantitative estimate of drug-likeness (QED) is 0.395. The van der Waals surface area contributed by atoms with Crippen molar-refractivity contribution in [3.05, 3.63) is 71.6 Å². The molecule has 2 aromatic carbocycles. The number of aliphatic hydroxyl groups excluding tert-OH is 1. The smallest absolute Gasteiger partial charge is 0.287 e. The lowest BCUT2D eigenvalue weighted by atomic mass is 9.30. The fourth-order valence-electron chi connectivity index (χ4n) is 6.33. The molecule has 1 atom stereocenters. The molecule has 0 radical (unpaired) electrons. The molecule has 206 valence electrons. The van der Waals surface area contributed by atoms with Gasteiger partial charge >= 0.3 is 0 Å². The monoisotopic (exact) mass is 547 g/mol. The summed E-state index contributed by atoms with van der Waals surface area (Å²) in [6.07, 6.45) is 0.718. The van der Waals surface area contributed by atoms with Crippen LogP contribution in [-0.4, -0.2) is 73.0 Å². The molecule has 9 nitrogen and oxygen atoms in total. The molecule has 4 aliphatic rings. The molecule has 1 amide bonds.